The highest BCUT2D eigenvalue weighted by atomic mass is 16.2. The molecule has 1 aliphatic heterocycles. The zero-order chi connectivity index (χ0) is 22.2. The molecule has 31 heavy (non-hydrogen) atoms. The molecule has 2 amide bonds. The van der Waals surface area contributed by atoms with Crippen molar-refractivity contribution in [1.82, 2.24) is 19.8 Å². The largest absolute Gasteiger partial charge is 0.349 e. The second-order valence-electron chi connectivity index (χ2n) is 9.02. The van der Waals surface area contributed by atoms with Gasteiger partial charge in [-0.25, -0.2) is 4.98 Å². The van der Waals surface area contributed by atoms with Gasteiger partial charge in [-0.3, -0.25) is 9.59 Å². The molecule has 1 N–H and O–H groups in total. The molecule has 2 aromatic carbocycles. The Morgan fingerprint density at radius 2 is 1.74 bits per heavy atom. The highest BCUT2D eigenvalue weighted by Crippen LogP contribution is 2.38. The van der Waals surface area contributed by atoms with E-state index in [0.29, 0.717) is 24.4 Å². The van der Waals surface area contributed by atoms with E-state index in [2.05, 4.69) is 10.3 Å². The summed E-state index contributed by atoms with van der Waals surface area (Å²) in [4.78, 5) is 33.5. The number of nitrogens with zero attached hydrogens (tertiary/aromatic N) is 3. The smallest absolute Gasteiger partial charge is 0.273 e. The van der Waals surface area contributed by atoms with Gasteiger partial charge in [-0.05, 0) is 38.3 Å². The number of nitrogens with one attached hydrogen (secondary N) is 1. The Hall–Kier alpha value is -3.41. The zero-order valence-corrected chi connectivity index (χ0v) is 18.4. The van der Waals surface area contributed by atoms with Crippen LogP contribution < -0.4 is 5.32 Å². The van der Waals surface area contributed by atoms with E-state index in [4.69, 9.17) is 0 Å². The molecule has 0 spiro atoms. The minimum atomic E-state index is -0.735. The summed E-state index contributed by atoms with van der Waals surface area (Å²) >= 11 is 0. The summed E-state index contributed by atoms with van der Waals surface area (Å²) in [6, 6.07) is 17.0. The SMILES string of the molecule is Cn1cnc2c1C(=O)N(CCc1ccccc1)C(C(=O)NC(C)(C)C)c1ccccc1-2. The van der Waals surface area contributed by atoms with Crippen LogP contribution in [0.25, 0.3) is 11.3 Å². The quantitative estimate of drug-likeness (QED) is 0.705. The summed E-state index contributed by atoms with van der Waals surface area (Å²) in [5.74, 6) is -0.370. The minimum absolute atomic E-state index is 0.184. The number of aryl methyl sites for hydroxylation is 1. The lowest BCUT2D eigenvalue weighted by atomic mass is 9.96. The Balaban J connectivity index is 1.83. The number of benzene rings is 2. The van der Waals surface area contributed by atoms with Crippen molar-refractivity contribution in [3.8, 4) is 11.3 Å². The molecule has 6 heteroatoms. The first-order chi connectivity index (χ1) is 14.8. The fraction of sp³-hybridized carbons (Fsp3) is 0.320. The van der Waals surface area contributed by atoms with E-state index in [1.54, 1.807) is 15.8 Å². The van der Waals surface area contributed by atoms with E-state index in [1.807, 2.05) is 82.4 Å². The summed E-state index contributed by atoms with van der Waals surface area (Å²) in [6.45, 7) is 6.25. The lowest BCUT2D eigenvalue weighted by molar-refractivity contribution is -0.127. The predicted octanol–water partition coefficient (Wildman–Crippen LogP) is 3.74. The third-order valence-electron chi connectivity index (χ3n) is 5.45. The van der Waals surface area contributed by atoms with Crippen LogP contribution in [-0.4, -0.2) is 38.3 Å². The van der Waals surface area contributed by atoms with E-state index in [9.17, 15) is 9.59 Å². The molecule has 6 nitrogen and oxygen atoms in total. The number of fused-ring (bicyclic) bond motifs is 3. The summed E-state index contributed by atoms with van der Waals surface area (Å²) in [7, 11) is 1.82. The fourth-order valence-corrected chi connectivity index (χ4v) is 4.10. The molecule has 1 unspecified atom stereocenters. The number of aromatic nitrogens is 2. The molecule has 0 bridgehead atoms. The third kappa shape index (κ3) is 4.10. The molecule has 1 atom stereocenters. The van der Waals surface area contributed by atoms with Gasteiger partial charge in [0.05, 0.1) is 6.33 Å². The maximum atomic E-state index is 13.8. The van der Waals surface area contributed by atoms with Crippen molar-refractivity contribution in [2.24, 2.45) is 7.05 Å². The van der Waals surface area contributed by atoms with Gasteiger partial charge >= 0.3 is 0 Å². The molecule has 0 aliphatic carbocycles. The molecule has 0 saturated heterocycles. The second-order valence-corrected chi connectivity index (χ2v) is 9.02. The van der Waals surface area contributed by atoms with Crippen molar-refractivity contribution in [2.45, 2.75) is 38.8 Å². The normalized spacial score (nSPS) is 15.8. The van der Waals surface area contributed by atoms with Crippen molar-refractivity contribution in [1.29, 1.82) is 0 Å². The van der Waals surface area contributed by atoms with Gasteiger partial charge in [-0.15, -0.1) is 0 Å². The summed E-state index contributed by atoms with van der Waals surface area (Å²) < 4.78 is 1.74. The molecule has 0 radical (unpaired) electrons. The van der Waals surface area contributed by atoms with Crippen LogP contribution in [0, 0.1) is 0 Å². The molecule has 3 aromatic rings. The number of hydrogen-bond acceptors (Lipinski definition) is 3. The average molecular weight is 417 g/mol. The molecule has 1 aromatic heterocycles. The van der Waals surface area contributed by atoms with Crippen LogP contribution in [0.5, 0.6) is 0 Å². The van der Waals surface area contributed by atoms with E-state index < -0.39 is 11.6 Å². The Bertz CT molecular complexity index is 1110. The number of rotatable bonds is 4. The van der Waals surface area contributed by atoms with Gasteiger partial charge in [0.15, 0.2) is 0 Å². The number of hydrogen-bond donors (Lipinski definition) is 1. The number of imidazole rings is 1. The van der Waals surface area contributed by atoms with E-state index in [0.717, 1.165) is 16.7 Å². The van der Waals surface area contributed by atoms with Crippen molar-refractivity contribution in [3.05, 3.63) is 77.7 Å². The van der Waals surface area contributed by atoms with Crippen molar-refractivity contribution >= 4 is 11.8 Å². The monoisotopic (exact) mass is 416 g/mol. The minimum Gasteiger partial charge on any atom is -0.349 e. The zero-order valence-electron chi connectivity index (χ0n) is 18.4. The van der Waals surface area contributed by atoms with Gasteiger partial charge in [0.2, 0.25) is 5.91 Å². The fourth-order valence-electron chi connectivity index (χ4n) is 4.10. The summed E-state index contributed by atoms with van der Waals surface area (Å²) in [5, 5.41) is 3.08. The highest BCUT2D eigenvalue weighted by Gasteiger charge is 2.40. The number of carbonyl (C=O) groups excluding carboxylic acids is 2. The molecule has 0 saturated carbocycles. The van der Waals surface area contributed by atoms with Crippen LogP contribution in [0.1, 0.15) is 48.4 Å². The van der Waals surface area contributed by atoms with Gasteiger partial charge in [-0.2, -0.15) is 0 Å². The molecular weight excluding hydrogens is 388 g/mol. The standard InChI is InChI=1S/C25H28N4O2/c1-25(2,3)27-23(30)21-19-13-9-8-12-18(19)20-22(28(4)16-26-20)24(31)29(21)15-14-17-10-6-5-7-11-17/h5-13,16,21H,14-15H2,1-4H3,(H,27,30). The van der Waals surface area contributed by atoms with Gasteiger partial charge in [0.1, 0.15) is 17.4 Å². The van der Waals surface area contributed by atoms with Crippen LogP contribution in [0.2, 0.25) is 0 Å². The second kappa shape index (κ2) is 8.02. The number of carbonyl (C=O) groups is 2. The van der Waals surface area contributed by atoms with Crippen LogP contribution in [-0.2, 0) is 18.3 Å². The summed E-state index contributed by atoms with van der Waals surface area (Å²) in [5.41, 5.74) is 3.45. The highest BCUT2D eigenvalue weighted by molar-refractivity contribution is 6.04. The first-order valence-electron chi connectivity index (χ1n) is 10.5. The maximum Gasteiger partial charge on any atom is 0.273 e. The Labute approximate surface area is 182 Å². The van der Waals surface area contributed by atoms with Gasteiger partial charge in [-0.1, -0.05) is 54.6 Å². The first-order valence-corrected chi connectivity index (χ1v) is 10.5. The lowest BCUT2D eigenvalue weighted by Crippen LogP contribution is -2.49. The van der Waals surface area contributed by atoms with E-state index in [-0.39, 0.29) is 11.8 Å². The van der Waals surface area contributed by atoms with Crippen LogP contribution >= 0.6 is 0 Å². The van der Waals surface area contributed by atoms with Crippen LogP contribution in [0.4, 0.5) is 0 Å². The molecule has 1 aliphatic rings. The first kappa shape index (κ1) is 20.8. The molecular formula is C25H28N4O2. The Kier molecular flexibility index (Phi) is 5.39. The van der Waals surface area contributed by atoms with E-state index >= 15 is 0 Å². The predicted molar refractivity (Wildman–Crippen MR) is 120 cm³/mol. The van der Waals surface area contributed by atoms with Crippen LogP contribution in [0.15, 0.2) is 60.9 Å². The van der Waals surface area contributed by atoms with Gasteiger partial charge < -0.3 is 14.8 Å². The van der Waals surface area contributed by atoms with Crippen molar-refractivity contribution in [2.75, 3.05) is 6.54 Å². The molecule has 2 heterocycles. The van der Waals surface area contributed by atoms with Crippen molar-refractivity contribution in [3.63, 3.8) is 0 Å². The average Bonchev–Trinajstić information content (AvgIpc) is 3.06. The van der Waals surface area contributed by atoms with Crippen LogP contribution in [0.3, 0.4) is 0 Å². The molecule has 4 rings (SSSR count). The van der Waals surface area contributed by atoms with E-state index in [1.165, 1.54) is 0 Å². The topological polar surface area (TPSA) is 67.2 Å². The van der Waals surface area contributed by atoms with Gasteiger partial charge in [0.25, 0.3) is 5.91 Å². The Morgan fingerprint density at radius 3 is 2.45 bits per heavy atom. The molecule has 0 fully saturated rings. The van der Waals surface area contributed by atoms with Gasteiger partial charge in [0, 0.05) is 24.7 Å². The number of amides is 2. The maximum absolute atomic E-state index is 13.8. The van der Waals surface area contributed by atoms with Crippen molar-refractivity contribution < 1.29 is 9.59 Å². The summed E-state index contributed by atoms with van der Waals surface area (Å²) in [6.07, 6.45) is 2.31. The molecule has 160 valence electrons. The third-order valence-corrected chi connectivity index (χ3v) is 5.45. The lowest BCUT2D eigenvalue weighted by Gasteiger charge is -2.33. The Morgan fingerprint density at radius 1 is 1.06 bits per heavy atom.